The summed E-state index contributed by atoms with van der Waals surface area (Å²) in [5.74, 6) is -0.610. The first-order valence-electron chi connectivity index (χ1n) is 7.33. The largest absolute Gasteiger partial charge is 0.344 e. The molecule has 2 aromatic rings. The van der Waals surface area contributed by atoms with E-state index in [1.165, 1.54) is 23.1 Å². The van der Waals surface area contributed by atoms with E-state index in [4.69, 9.17) is 5.73 Å². The highest BCUT2D eigenvalue weighted by Gasteiger charge is 2.34. The van der Waals surface area contributed by atoms with Crippen molar-refractivity contribution in [3.05, 3.63) is 42.0 Å². The molecule has 1 aromatic carbocycles. The highest BCUT2D eigenvalue weighted by atomic mass is 19.1. The van der Waals surface area contributed by atoms with Gasteiger partial charge in [-0.25, -0.2) is 4.39 Å². The topological polar surface area (TPSA) is 85.8 Å². The van der Waals surface area contributed by atoms with Crippen LogP contribution in [0.2, 0.25) is 0 Å². The Morgan fingerprint density at radius 3 is 2.64 bits per heavy atom. The standard InChI is InChI=1S/C15H18FN5O/c16-11-3-5-12(6-4-11)21-18-9-13(20-21)14(22)19-15(10-17)7-1-2-8-15/h3-6,9H,1-2,7-8,10,17H2,(H,19,22). The van der Waals surface area contributed by atoms with E-state index < -0.39 is 0 Å². The summed E-state index contributed by atoms with van der Waals surface area (Å²) < 4.78 is 12.9. The van der Waals surface area contributed by atoms with Gasteiger partial charge in [-0.1, -0.05) is 12.8 Å². The molecule has 1 heterocycles. The first-order chi connectivity index (χ1) is 10.6. The van der Waals surface area contributed by atoms with E-state index in [0.717, 1.165) is 25.7 Å². The van der Waals surface area contributed by atoms with E-state index in [2.05, 4.69) is 15.5 Å². The lowest BCUT2D eigenvalue weighted by molar-refractivity contribution is 0.0897. The Morgan fingerprint density at radius 1 is 1.32 bits per heavy atom. The second-order valence-corrected chi connectivity index (χ2v) is 5.64. The van der Waals surface area contributed by atoms with Crippen LogP contribution in [0, 0.1) is 5.82 Å². The number of rotatable bonds is 4. The molecular weight excluding hydrogens is 285 g/mol. The summed E-state index contributed by atoms with van der Waals surface area (Å²) in [6, 6.07) is 5.74. The summed E-state index contributed by atoms with van der Waals surface area (Å²) in [6.45, 7) is 0.421. The van der Waals surface area contributed by atoms with Crippen LogP contribution < -0.4 is 11.1 Å². The van der Waals surface area contributed by atoms with Crippen molar-refractivity contribution >= 4 is 5.91 Å². The molecule has 1 aromatic heterocycles. The number of hydrogen-bond donors (Lipinski definition) is 2. The molecule has 116 valence electrons. The third-order valence-corrected chi connectivity index (χ3v) is 4.11. The molecule has 3 N–H and O–H groups in total. The Hall–Kier alpha value is -2.28. The average Bonchev–Trinajstić information content (AvgIpc) is 3.18. The Balaban J connectivity index is 1.75. The monoisotopic (exact) mass is 303 g/mol. The van der Waals surface area contributed by atoms with Gasteiger partial charge in [-0.15, -0.1) is 5.10 Å². The van der Waals surface area contributed by atoms with Gasteiger partial charge in [-0.05, 0) is 37.1 Å². The maximum atomic E-state index is 12.9. The van der Waals surface area contributed by atoms with Crippen molar-refractivity contribution in [1.29, 1.82) is 0 Å². The minimum atomic E-state index is -0.333. The normalized spacial score (nSPS) is 16.6. The number of halogens is 1. The fourth-order valence-electron chi connectivity index (χ4n) is 2.80. The van der Waals surface area contributed by atoms with Crippen LogP contribution in [0.1, 0.15) is 36.2 Å². The van der Waals surface area contributed by atoms with Gasteiger partial charge in [0.1, 0.15) is 5.82 Å². The molecule has 6 nitrogen and oxygen atoms in total. The van der Waals surface area contributed by atoms with E-state index >= 15 is 0 Å². The maximum absolute atomic E-state index is 12.9. The van der Waals surface area contributed by atoms with E-state index in [1.807, 2.05) is 0 Å². The molecule has 1 aliphatic rings. The highest BCUT2D eigenvalue weighted by molar-refractivity contribution is 5.92. The van der Waals surface area contributed by atoms with Gasteiger partial charge in [0.15, 0.2) is 5.69 Å². The molecule has 0 spiro atoms. The van der Waals surface area contributed by atoms with Crippen LogP contribution >= 0.6 is 0 Å². The van der Waals surface area contributed by atoms with Crippen molar-refractivity contribution in [3.8, 4) is 5.69 Å². The van der Waals surface area contributed by atoms with Crippen LogP contribution in [0.5, 0.6) is 0 Å². The van der Waals surface area contributed by atoms with Crippen molar-refractivity contribution in [2.75, 3.05) is 6.54 Å². The van der Waals surface area contributed by atoms with Gasteiger partial charge in [0.2, 0.25) is 0 Å². The second kappa shape index (κ2) is 5.84. The third kappa shape index (κ3) is 2.85. The van der Waals surface area contributed by atoms with Gasteiger partial charge < -0.3 is 11.1 Å². The number of hydrogen-bond acceptors (Lipinski definition) is 4. The number of nitrogens with zero attached hydrogens (tertiary/aromatic N) is 3. The van der Waals surface area contributed by atoms with Crippen LogP contribution in [0.4, 0.5) is 4.39 Å². The lowest BCUT2D eigenvalue weighted by Gasteiger charge is -2.28. The molecule has 7 heteroatoms. The van der Waals surface area contributed by atoms with Crippen molar-refractivity contribution < 1.29 is 9.18 Å². The van der Waals surface area contributed by atoms with E-state index in [1.54, 1.807) is 12.1 Å². The number of carbonyl (C=O) groups excluding carboxylic acids is 1. The molecule has 22 heavy (non-hydrogen) atoms. The number of carbonyl (C=O) groups is 1. The summed E-state index contributed by atoms with van der Waals surface area (Å²) in [4.78, 5) is 13.6. The van der Waals surface area contributed by atoms with Crippen molar-refractivity contribution in [2.45, 2.75) is 31.2 Å². The molecule has 1 aliphatic carbocycles. The Labute approximate surface area is 127 Å². The summed E-state index contributed by atoms with van der Waals surface area (Å²) in [6.07, 6.45) is 5.32. The van der Waals surface area contributed by atoms with E-state index in [0.29, 0.717) is 12.2 Å². The fraction of sp³-hybridized carbons (Fsp3) is 0.400. The Kier molecular flexibility index (Phi) is 3.89. The molecule has 0 bridgehead atoms. The van der Waals surface area contributed by atoms with Gasteiger partial charge >= 0.3 is 0 Å². The van der Waals surface area contributed by atoms with Gasteiger partial charge in [-0.3, -0.25) is 4.79 Å². The molecular formula is C15H18FN5O. The minimum Gasteiger partial charge on any atom is -0.344 e. The molecule has 1 amide bonds. The number of aromatic nitrogens is 3. The molecule has 0 saturated heterocycles. The van der Waals surface area contributed by atoms with Gasteiger partial charge in [0.05, 0.1) is 17.4 Å². The first kappa shape index (κ1) is 14.6. The van der Waals surface area contributed by atoms with Crippen molar-refractivity contribution in [3.63, 3.8) is 0 Å². The predicted molar refractivity (Wildman–Crippen MR) is 79.0 cm³/mol. The number of nitrogens with one attached hydrogen (secondary N) is 1. The summed E-state index contributed by atoms with van der Waals surface area (Å²) >= 11 is 0. The third-order valence-electron chi connectivity index (χ3n) is 4.11. The quantitative estimate of drug-likeness (QED) is 0.894. The van der Waals surface area contributed by atoms with E-state index in [9.17, 15) is 9.18 Å². The average molecular weight is 303 g/mol. The summed E-state index contributed by atoms with van der Waals surface area (Å²) in [5.41, 5.74) is 6.31. The summed E-state index contributed by atoms with van der Waals surface area (Å²) in [7, 11) is 0. The Bertz CT molecular complexity index is 661. The van der Waals surface area contributed by atoms with Crippen LogP contribution in [-0.2, 0) is 0 Å². The van der Waals surface area contributed by atoms with Crippen molar-refractivity contribution in [1.82, 2.24) is 20.3 Å². The van der Waals surface area contributed by atoms with Crippen LogP contribution in [0.3, 0.4) is 0 Å². The molecule has 0 atom stereocenters. The Morgan fingerprint density at radius 2 is 2.00 bits per heavy atom. The lowest BCUT2D eigenvalue weighted by Crippen LogP contribution is -2.51. The molecule has 0 radical (unpaired) electrons. The number of amides is 1. The molecule has 3 rings (SSSR count). The van der Waals surface area contributed by atoms with Gasteiger partial charge in [0, 0.05) is 6.54 Å². The molecule has 1 saturated carbocycles. The van der Waals surface area contributed by atoms with Gasteiger partial charge in [-0.2, -0.15) is 9.90 Å². The lowest BCUT2D eigenvalue weighted by atomic mass is 9.98. The predicted octanol–water partition coefficient (Wildman–Crippen LogP) is 1.41. The van der Waals surface area contributed by atoms with Crippen LogP contribution in [0.15, 0.2) is 30.5 Å². The van der Waals surface area contributed by atoms with Gasteiger partial charge in [0.25, 0.3) is 5.91 Å². The zero-order valence-electron chi connectivity index (χ0n) is 12.1. The highest BCUT2D eigenvalue weighted by Crippen LogP contribution is 2.28. The van der Waals surface area contributed by atoms with Crippen LogP contribution in [-0.4, -0.2) is 33.0 Å². The SMILES string of the molecule is NCC1(NC(=O)c2cnn(-c3ccc(F)cc3)n2)CCCC1. The molecule has 1 fully saturated rings. The minimum absolute atomic E-state index is 0.226. The first-order valence-corrected chi connectivity index (χ1v) is 7.33. The maximum Gasteiger partial charge on any atom is 0.273 e. The van der Waals surface area contributed by atoms with Crippen molar-refractivity contribution in [2.24, 2.45) is 5.73 Å². The zero-order chi connectivity index (χ0) is 15.6. The molecule has 0 aliphatic heterocycles. The second-order valence-electron chi connectivity index (χ2n) is 5.64. The molecule has 0 unspecified atom stereocenters. The van der Waals surface area contributed by atoms with E-state index in [-0.39, 0.29) is 23.0 Å². The summed E-state index contributed by atoms with van der Waals surface area (Å²) in [5, 5.41) is 11.2. The fourth-order valence-corrected chi connectivity index (χ4v) is 2.80. The smallest absolute Gasteiger partial charge is 0.273 e. The zero-order valence-corrected chi connectivity index (χ0v) is 12.1. The van der Waals surface area contributed by atoms with Crippen LogP contribution in [0.25, 0.3) is 5.69 Å². The number of nitrogens with two attached hydrogens (primary N) is 1. The number of benzene rings is 1.